The van der Waals surface area contributed by atoms with Gasteiger partial charge in [0.05, 0.1) is 12.8 Å². The number of benzene rings is 1. The van der Waals surface area contributed by atoms with E-state index >= 15 is 0 Å². The van der Waals surface area contributed by atoms with Crippen molar-refractivity contribution in [2.75, 3.05) is 12.4 Å². The van der Waals surface area contributed by atoms with E-state index in [-0.39, 0.29) is 5.91 Å². The molecule has 6 nitrogen and oxygen atoms in total. The van der Waals surface area contributed by atoms with E-state index in [0.29, 0.717) is 11.4 Å². The lowest BCUT2D eigenvalue weighted by Gasteiger charge is -2.09. The molecule has 2 aromatic heterocycles. The number of nitrogens with one attached hydrogen (secondary N) is 1. The standard InChI is InChI=1S/C21H23N3O3/c1-13-6-8-19(26-5)18(10-13)22-21(25)9-7-17-11-14(2)24(16(17)4)20-12-15(3)27-23-20/h6-12H,1-5H3,(H,22,25)/b9-7+. The normalized spacial score (nSPS) is 11.1. The van der Waals surface area contributed by atoms with Crippen LogP contribution in [0.5, 0.6) is 5.75 Å². The summed E-state index contributed by atoms with van der Waals surface area (Å²) in [4.78, 5) is 12.4. The molecule has 0 fully saturated rings. The third-order valence-electron chi connectivity index (χ3n) is 4.34. The number of aromatic nitrogens is 2. The number of nitrogens with zero attached hydrogens (tertiary/aromatic N) is 2. The van der Waals surface area contributed by atoms with Crippen LogP contribution in [0.4, 0.5) is 5.69 Å². The predicted octanol–water partition coefficient (Wildman–Crippen LogP) is 4.36. The van der Waals surface area contributed by atoms with Gasteiger partial charge in [0.1, 0.15) is 11.5 Å². The highest BCUT2D eigenvalue weighted by atomic mass is 16.5. The largest absolute Gasteiger partial charge is 0.495 e. The van der Waals surface area contributed by atoms with Crippen molar-refractivity contribution in [3.05, 3.63) is 64.7 Å². The highest BCUT2D eigenvalue weighted by Gasteiger charge is 2.12. The van der Waals surface area contributed by atoms with Gasteiger partial charge in [0.2, 0.25) is 5.91 Å². The smallest absolute Gasteiger partial charge is 0.248 e. The average molecular weight is 365 g/mol. The highest BCUT2D eigenvalue weighted by molar-refractivity contribution is 6.02. The molecule has 1 aromatic carbocycles. The van der Waals surface area contributed by atoms with Gasteiger partial charge in [0.25, 0.3) is 0 Å². The molecular formula is C21H23N3O3. The molecule has 0 radical (unpaired) electrons. The summed E-state index contributed by atoms with van der Waals surface area (Å²) < 4.78 is 12.5. The summed E-state index contributed by atoms with van der Waals surface area (Å²) in [7, 11) is 1.58. The Bertz CT molecular complexity index is 1010. The van der Waals surface area contributed by atoms with Crippen LogP contribution in [0.2, 0.25) is 0 Å². The number of ether oxygens (including phenoxy) is 1. The predicted molar refractivity (Wildman–Crippen MR) is 105 cm³/mol. The molecule has 0 spiro atoms. The summed E-state index contributed by atoms with van der Waals surface area (Å²) in [6, 6.07) is 9.54. The van der Waals surface area contributed by atoms with Crippen LogP contribution in [0.3, 0.4) is 0 Å². The summed E-state index contributed by atoms with van der Waals surface area (Å²) in [5.74, 6) is 1.89. The molecule has 27 heavy (non-hydrogen) atoms. The number of hydrogen-bond acceptors (Lipinski definition) is 4. The molecule has 0 bridgehead atoms. The second-order valence-electron chi connectivity index (χ2n) is 6.48. The van der Waals surface area contributed by atoms with Gasteiger partial charge in [-0.3, -0.25) is 9.36 Å². The lowest BCUT2D eigenvalue weighted by molar-refractivity contribution is -0.111. The minimum absolute atomic E-state index is 0.221. The maximum Gasteiger partial charge on any atom is 0.248 e. The van der Waals surface area contributed by atoms with Crippen LogP contribution in [0.15, 0.2) is 40.9 Å². The van der Waals surface area contributed by atoms with Crippen LogP contribution in [0, 0.1) is 27.7 Å². The summed E-state index contributed by atoms with van der Waals surface area (Å²) >= 11 is 0. The van der Waals surface area contributed by atoms with E-state index in [1.165, 1.54) is 6.08 Å². The van der Waals surface area contributed by atoms with E-state index in [2.05, 4.69) is 10.5 Å². The van der Waals surface area contributed by atoms with Crippen molar-refractivity contribution in [3.8, 4) is 11.6 Å². The molecule has 0 unspecified atom stereocenters. The Morgan fingerprint density at radius 1 is 1.19 bits per heavy atom. The second-order valence-corrected chi connectivity index (χ2v) is 6.48. The van der Waals surface area contributed by atoms with Crippen LogP contribution >= 0.6 is 0 Å². The summed E-state index contributed by atoms with van der Waals surface area (Å²) in [5.41, 5.74) is 4.64. The van der Waals surface area contributed by atoms with Crippen molar-refractivity contribution in [2.45, 2.75) is 27.7 Å². The first-order chi connectivity index (χ1) is 12.9. The zero-order valence-electron chi connectivity index (χ0n) is 16.2. The molecule has 3 aromatic rings. The van der Waals surface area contributed by atoms with Gasteiger partial charge in [-0.1, -0.05) is 11.2 Å². The molecule has 2 heterocycles. The van der Waals surface area contributed by atoms with Gasteiger partial charge in [0.15, 0.2) is 5.82 Å². The zero-order valence-corrected chi connectivity index (χ0v) is 16.2. The Labute approximate surface area is 158 Å². The first-order valence-corrected chi connectivity index (χ1v) is 8.65. The molecule has 0 saturated heterocycles. The number of hydrogen-bond donors (Lipinski definition) is 1. The zero-order chi connectivity index (χ0) is 19.6. The Morgan fingerprint density at radius 2 is 1.96 bits per heavy atom. The monoisotopic (exact) mass is 365 g/mol. The van der Waals surface area contributed by atoms with Crippen molar-refractivity contribution < 1.29 is 14.1 Å². The van der Waals surface area contributed by atoms with Crippen molar-refractivity contribution in [3.63, 3.8) is 0 Å². The van der Waals surface area contributed by atoms with E-state index in [4.69, 9.17) is 9.26 Å². The van der Waals surface area contributed by atoms with Gasteiger partial charge in [-0.25, -0.2) is 0 Å². The number of rotatable bonds is 5. The molecule has 1 amide bonds. The molecule has 3 rings (SSSR count). The van der Waals surface area contributed by atoms with Crippen LogP contribution in [-0.4, -0.2) is 22.7 Å². The van der Waals surface area contributed by atoms with Crippen LogP contribution in [0.1, 0.15) is 28.3 Å². The molecule has 0 atom stereocenters. The minimum atomic E-state index is -0.221. The molecule has 140 valence electrons. The lowest BCUT2D eigenvalue weighted by atomic mass is 10.2. The minimum Gasteiger partial charge on any atom is -0.495 e. The molecular weight excluding hydrogens is 342 g/mol. The Morgan fingerprint density at radius 3 is 2.63 bits per heavy atom. The SMILES string of the molecule is COc1ccc(C)cc1NC(=O)/C=C/c1cc(C)n(-c2cc(C)on2)c1C. The molecule has 0 saturated carbocycles. The average Bonchev–Trinajstić information content (AvgIpc) is 3.16. The number of anilines is 1. The highest BCUT2D eigenvalue weighted by Crippen LogP contribution is 2.25. The summed E-state index contributed by atoms with van der Waals surface area (Å²) in [5, 5.41) is 6.93. The Hall–Kier alpha value is -3.28. The van der Waals surface area contributed by atoms with Crippen molar-refractivity contribution in [1.29, 1.82) is 0 Å². The Balaban J connectivity index is 1.80. The topological polar surface area (TPSA) is 69.3 Å². The van der Waals surface area contributed by atoms with E-state index < -0.39 is 0 Å². The molecule has 0 aliphatic carbocycles. The maximum absolute atomic E-state index is 12.4. The second kappa shape index (κ2) is 7.53. The van der Waals surface area contributed by atoms with Crippen LogP contribution < -0.4 is 10.1 Å². The van der Waals surface area contributed by atoms with Gasteiger partial charge in [-0.2, -0.15) is 0 Å². The number of carbonyl (C=O) groups is 1. The molecule has 0 aliphatic heterocycles. The van der Waals surface area contributed by atoms with Gasteiger partial charge in [0, 0.05) is 23.5 Å². The van der Waals surface area contributed by atoms with E-state index in [1.54, 1.807) is 13.2 Å². The molecule has 1 N–H and O–H groups in total. The number of aryl methyl sites for hydroxylation is 3. The van der Waals surface area contributed by atoms with E-state index in [9.17, 15) is 4.79 Å². The fraction of sp³-hybridized carbons (Fsp3) is 0.238. The third kappa shape index (κ3) is 3.95. The fourth-order valence-corrected chi connectivity index (χ4v) is 3.03. The third-order valence-corrected chi connectivity index (χ3v) is 4.34. The first kappa shape index (κ1) is 18.5. The maximum atomic E-state index is 12.4. The van der Waals surface area contributed by atoms with Crippen molar-refractivity contribution >= 4 is 17.7 Å². The molecule has 0 aliphatic rings. The fourth-order valence-electron chi connectivity index (χ4n) is 3.03. The number of methoxy groups -OCH3 is 1. The number of carbonyl (C=O) groups excluding carboxylic acids is 1. The summed E-state index contributed by atoms with van der Waals surface area (Å²) in [6.45, 7) is 7.80. The van der Waals surface area contributed by atoms with E-state index in [1.807, 2.05) is 62.6 Å². The van der Waals surface area contributed by atoms with Gasteiger partial charge < -0.3 is 14.6 Å². The van der Waals surface area contributed by atoms with Gasteiger partial charge in [-0.05, 0) is 63.1 Å². The summed E-state index contributed by atoms with van der Waals surface area (Å²) in [6.07, 6.45) is 3.31. The first-order valence-electron chi connectivity index (χ1n) is 8.65. The Kier molecular flexibility index (Phi) is 5.16. The number of amides is 1. The lowest BCUT2D eigenvalue weighted by Crippen LogP contribution is -2.09. The quantitative estimate of drug-likeness (QED) is 0.682. The van der Waals surface area contributed by atoms with Crippen molar-refractivity contribution in [1.82, 2.24) is 9.72 Å². The van der Waals surface area contributed by atoms with Crippen LogP contribution in [0.25, 0.3) is 11.9 Å². The molecule has 6 heteroatoms. The van der Waals surface area contributed by atoms with Crippen molar-refractivity contribution in [2.24, 2.45) is 0 Å². The van der Waals surface area contributed by atoms with E-state index in [0.717, 1.165) is 34.1 Å². The van der Waals surface area contributed by atoms with Gasteiger partial charge in [-0.15, -0.1) is 0 Å². The van der Waals surface area contributed by atoms with Crippen LogP contribution in [-0.2, 0) is 4.79 Å². The van der Waals surface area contributed by atoms with Gasteiger partial charge >= 0.3 is 0 Å².